The Hall–Kier alpha value is -4.90. The van der Waals surface area contributed by atoms with E-state index >= 15 is 0 Å². The first kappa shape index (κ1) is 22.9. The van der Waals surface area contributed by atoms with Gasteiger partial charge in [0.25, 0.3) is 11.6 Å². The van der Waals surface area contributed by atoms with Gasteiger partial charge in [-0.15, -0.1) is 0 Å². The number of nitrogens with one attached hydrogen (secondary N) is 2. The Morgan fingerprint density at radius 2 is 1.89 bits per heavy atom. The maximum atomic E-state index is 12.6. The number of non-ortho nitro benzene ring substituents is 1. The van der Waals surface area contributed by atoms with Gasteiger partial charge in [0.1, 0.15) is 5.76 Å². The minimum absolute atomic E-state index is 0.0114. The van der Waals surface area contributed by atoms with Crippen molar-refractivity contribution in [1.29, 1.82) is 0 Å². The van der Waals surface area contributed by atoms with Crippen molar-refractivity contribution >= 4 is 45.8 Å². The SMILES string of the molecule is Cc1cc(-c2nc3ncccc3o2)ccc1NC(=S)NC(=O)c1ccc(-c2cccc([N+](=O)[O-])c2)o1. The van der Waals surface area contributed by atoms with Gasteiger partial charge < -0.3 is 14.2 Å². The molecule has 5 aromatic rings. The molecule has 11 heteroatoms. The van der Waals surface area contributed by atoms with E-state index < -0.39 is 10.8 Å². The molecule has 0 aliphatic rings. The van der Waals surface area contributed by atoms with Crippen LogP contribution in [0.25, 0.3) is 34.0 Å². The smallest absolute Gasteiger partial charge is 0.293 e. The van der Waals surface area contributed by atoms with Crippen molar-refractivity contribution in [2.24, 2.45) is 0 Å². The van der Waals surface area contributed by atoms with Crippen molar-refractivity contribution in [3.05, 3.63) is 94.4 Å². The highest BCUT2D eigenvalue weighted by molar-refractivity contribution is 7.80. The van der Waals surface area contributed by atoms with Crippen molar-refractivity contribution in [3.63, 3.8) is 0 Å². The van der Waals surface area contributed by atoms with Crippen LogP contribution in [0.5, 0.6) is 0 Å². The van der Waals surface area contributed by atoms with E-state index in [9.17, 15) is 14.9 Å². The second-order valence-electron chi connectivity index (χ2n) is 7.75. The third kappa shape index (κ3) is 4.68. The molecule has 0 saturated heterocycles. The van der Waals surface area contributed by atoms with Crippen LogP contribution in [-0.4, -0.2) is 25.9 Å². The number of nitro groups is 1. The molecule has 0 unspecified atom stereocenters. The predicted octanol–water partition coefficient (Wildman–Crippen LogP) is 5.49. The Morgan fingerprint density at radius 3 is 2.67 bits per heavy atom. The van der Waals surface area contributed by atoms with Crippen molar-refractivity contribution in [2.45, 2.75) is 6.92 Å². The van der Waals surface area contributed by atoms with Gasteiger partial charge in [0, 0.05) is 35.1 Å². The van der Waals surface area contributed by atoms with Gasteiger partial charge in [-0.2, -0.15) is 4.98 Å². The molecule has 10 nitrogen and oxygen atoms in total. The Balaban J connectivity index is 1.25. The van der Waals surface area contributed by atoms with Gasteiger partial charge in [0.15, 0.2) is 22.1 Å². The lowest BCUT2D eigenvalue weighted by Gasteiger charge is -2.11. The van der Waals surface area contributed by atoms with Crippen molar-refractivity contribution in [3.8, 4) is 22.8 Å². The zero-order valence-corrected chi connectivity index (χ0v) is 19.5. The number of anilines is 1. The van der Waals surface area contributed by atoms with Crippen molar-refractivity contribution in [1.82, 2.24) is 15.3 Å². The number of rotatable bonds is 5. The van der Waals surface area contributed by atoms with Crippen LogP contribution < -0.4 is 10.6 Å². The summed E-state index contributed by atoms with van der Waals surface area (Å²) in [5, 5.41) is 16.6. The molecule has 0 aliphatic carbocycles. The lowest BCUT2D eigenvalue weighted by molar-refractivity contribution is -0.384. The number of thiocarbonyl (C=S) groups is 1. The number of nitrogens with zero attached hydrogens (tertiary/aromatic N) is 3. The van der Waals surface area contributed by atoms with Crippen LogP contribution in [0, 0.1) is 17.0 Å². The topological polar surface area (TPSA) is 136 Å². The molecule has 178 valence electrons. The molecular formula is C25H17N5O5S. The summed E-state index contributed by atoms with van der Waals surface area (Å²) in [6.45, 7) is 1.88. The van der Waals surface area contributed by atoms with Crippen LogP contribution in [-0.2, 0) is 0 Å². The van der Waals surface area contributed by atoms with Crippen LogP contribution in [0.1, 0.15) is 16.1 Å². The normalized spacial score (nSPS) is 10.8. The molecule has 2 aromatic carbocycles. The summed E-state index contributed by atoms with van der Waals surface area (Å²) in [6, 6.07) is 18.1. The molecule has 0 bridgehead atoms. The second-order valence-corrected chi connectivity index (χ2v) is 8.16. The number of carbonyl (C=O) groups is 1. The fraction of sp³-hybridized carbons (Fsp3) is 0.0400. The van der Waals surface area contributed by atoms with Gasteiger partial charge in [0.05, 0.1) is 4.92 Å². The van der Waals surface area contributed by atoms with Gasteiger partial charge in [0.2, 0.25) is 5.89 Å². The molecule has 1 amide bonds. The van der Waals surface area contributed by atoms with E-state index in [0.29, 0.717) is 34.1 Å². The molecule has 0 radical (unpaired) electrons. The zero-order valence-electron chi connectivity index (χ0n) is 18.7. The van der Waals surface area contributed by atoms with Crippen LogP contribution in [0.2, 0.25) is 0 Å². The molecule has 3 aromatic heterocycles. The molecule has 2 N–H and O–H groups in total. The molecule has 0 spiro atoms. The number of benzene rings is 2. The number of oxazole rings is 1. The molecule has 0 aliphatic heterocycles. The fourth-order valence-electron chi connectivity index (χ4n) is 3.54. The largest absolute Gasteiger partial charge is 0.451 e. The van der Waals surface area contributed by atoms with E-state index in [2.05, 4.69) is 20.6 Å². The number of aryl methyl sites for hydroxylation is 1. The summed E-state index contributed by atoms with van der Waals surface area (Å²) in [5.74, 6) is 0.227. The molecule has 3 heterocycles. The van der Waals surface area contributed by atoms with Crippen molar-refractivity contribution in [2.75, 3.05) is 5.32 Å². The summed E-state index contributed by atoms with van der Waals surface area (Å²) in [7, 11) is 0. The zero-order chi connectivity index (χ0) is 25.2. The van der Waals surface area contributed by atoms with E-state index in [1.54, 1.807) is 42.6 Å². The monoisotopic (exact) mass is 499 g/mol. The van der Waals surface area contributed by atoms with Gasteiger partial charge in [-0.05, 0) is 67.2 Å². The highest BCUT2D eigenvalue weighted by atomic mass is 32.1. The van der Waals surface area contributed by atoms with E-state index in [-0.39, 0.29) is 16.6 Å². The maximum Gasteiger partial charge on any atom is 0.293 e. The molecule has 0 atom stereocenters. The van der Waals surface area contributed by atoms with Crippen LogP contribution in [0.3, 0.4) is 0 Å². The Bertz CT molecular complexity index is 1610. The number of hydrogen-bond acceptors (Lipinski definition) is 8. The number of aromatic nitrogens is 2. The van der Waals surface area contributed by atoms with E-state index in [0.717, 1.165) is 11.1 Å². The fourth-order valence-corrected chi connectivity index (χ4v) is 3.74. The summed E-state index contributed by atoms with van der Waals surface area (Å²) in [4.78, 5) is 31.7. The second kappa shape index (κ2) is 9.39. The van der Waals surface area contributed by atoms with Gasteiger partial charge in [-0.3, -0.25) is 20.2 Å². The summed E-state index contributed by atoms with van der Waals surface area (Å²) in [5.41, 5.74) is 3.85. The average Bonchev–Trinajstić information content (AvgIpc) is 3.53. The minimum Gasteiger partial charge on any atom is -0.451 e. The van der Waals surface area contributed by atoms with Gasteiger partial charge in [-0.1, -0.05) is 12.1 Å². The first-order chi connectivity index (χ1) is 17.4. The van der Waals surface area contributed by atoms with E-state index in [1.165, 1.54) is 18.2 Å². The summed E-state index contributed by atoms with van der Waals surface area (Å²) < 4.78 is 11.3. The highest BCUT2D eigenvalue weighted by Crippen LogP contribution is 2.28. The lowest BCUT2D eigenvalue weighted by atomic mass is 10.1. The van der Waals surface area contributed by atoms with Crippen LogP contribution in [0.4, 0.5) is 11.4 Å². The van der Waals surface area contributed by atoms with Crippen molar-refractivity contribution < 1.29 is 18.6 Å². The number of hydrogen-bond donors (Lipinski definition) is 2. The number of amides is 1. The Kier molecular flexibility index (Phi) is 5.97. The standard InChI is InChI=1S/C25H17N5O5S/c1-14-12-16(24-28-22-20(35-24)6-3-11-26-22)7-8-18(14)27-25(36)29-23(31)21-10-9-19(34-21)15-4-2-5-17(13-15)30(32)33/h2-13H,1H3,(H2,27,29,31,36). The van der Waals surface area contributed by atoms with Crippen LogP contribution >= 0.6 is 12.2 Å². The molecular weight excluding hydrogens is 482 g/mol. The first-order valence-corrected chi connectivity index (χ1v) is 11.1. The number of nitro benzene ring substituents is 1. The third-order valence-electron chi connectivity index (χ3n) is 5.28. The molecule has 36 heavy (non-hydrogen) atoms. The average molecular weight is 500 g/mol. The highest BCUT2D eigenvalue weighted by Gasteiger charge is 2.16. The molecule has 0 saturated carbocycles. The molecule has 5 rings (SSSR count). The Labute approximate surface area is 209 Å². The third-order valence-corrected chi connectivity index (χ3v) is 5.49. The summed E-state index contributed by atoms with van der Waals surface area (Å²) in [6.07, 6.45) is 1.65. The quantitative estimate of drug-likeness (QED) is 0.183. The van der Waals surface area contributed by atoms with E-state index in [1.807, 2.05) is 19.1 Å². The van der Waals surface area contributed by atoms with Gasteiger partial charge in [-0.25, -0.2) is 4.98 Å². The van der Waals surface area contributed by atoms with E-state index in [4.69, 9.17) is 21.1 Å². The number of furan rings is 1. The van der Waals surface area contributed by atoms with Crippen LogP contribution in [0.15, 0.2) is 81.8 Å². The lowest BCUT2D eigenvalue weighted by Crippen LogP contribution is -2.34. The van der Waals surface area contributed by atoms with Gasteiger partial charge >= 0.3 is 0 Å². The number of fused-ring (bicyclic) bond motifs is 1. The minimum atomic E-state index is -0.558. The Morgan fingerprint density at radius 1 is 1.03 bits per heavy atom. The number of pyridine rings is 1. The maximum absolute atomic E-state index is 12.6. The first-order valence-electron chi connectivity index (χ1n) is 10.7. The molecule has 0 fully saturated rings. The number of carbonyl (C=O) groups excluding carboxylic acids is 1. The summed E-state index contributed by atoms with van der Waals surface area (Å²) >= 11 is 5.29. The predicted molar refractivity (Wildman–Crippen MR) is 136 cm³/mol.